The molecule has 0 spiro atoms. The third-order valence-corrected chi connectivity index (χ3v) is 4.41. The number of aryl methyl sites for hydroxylation is 1. The Morgan fingerprint density at radius 3 is 2.67 bits per heavy atom. The Balaban J connectivity index is 1.88. The fraction of sp³-hybridized carbons (Fsp3) is 0.471. The average Bonchev–Trinajstić information content (AvgIpc) is 2.94. The highest BCUT2D eigenvalue weighted by molar-refractivity contribution is 7.09. The lowest BCUT2D eigenvalue weighted by atomic mass is 10.1. The molecule has 0 aliphatic heterocycles. The highest BCUT2D eigenvalue weighted by atomic mass is 32.1. The molecule has 0 unspecified atom stereocenters. The molecular formula is C17H25N3S. The molecular weight excluding hydrogens is 278 g/mol. The van der Waals surface area contributed by atoms with Gasteiger partial charge in [-0.25, -0.2) is 4.98 Å². The Morgan fingerprint density at radius 2 is 1.95 bits per heavy atom. The summed E-state index contributed by atoms with van der Waals surface area (Å²) in [6, 6.07) is 10.6. The van der Waals surface area contributed by atoms with E-state index in [0.717, 1.165) is 38.9 Å². The minimum absolute atomic E-state index is 0.695. The molecule has 0 saturated heterocycles. The fourth-order valence-electron chi connectivity index (χ4n) is 2.36. The van der Waals surface area contributed by atoms with Crippen LogP contribution in [0, 0.1) is 0 Å². The third kappa shape index (κ3) is 5.58. The second kappa shape index (κ2) is 8.93. The Kier molecular flexibility index (Phi) is 6.86. The van der Waals surface area contributed by atoms with Crippen LogP contribution in [0.4, 0.5) is 0 Å². The summed E-state index contributed by atoms with van der Waals surface area (Å²) in [7, 11) is 0. The second-order valence-electron chi connectivity index (χ2n) is 5.28. The summed E-state index contributed by atoms with van der Waals surface area (Å²) >= 11 is 1.78. The SMILES string of the molecule is CCCc1nc(CN(CCN)CCc2ccccc2)cs1. The van der Waals surface area contributed by atoms with E-state index >= 15 is 0 Å². The quantitative estimate of drug-likeness (QED) is 0.774. The molecule has 0 bridgehead atoms. The summed E-state index contributed by atoms with van der Waals surface area (Å²) in [5, 5.41) is 3.44. The third-order valence-electron chi connectivity index (χ3n) is 3.45. The molecule has 2 N–H and O–H groups in total. The van der Waals surface area contributed by atoms with Crippen LogP contribution >= 0.6 is 11.3 Å². The van der Waals surface area contributed by atoms with E-state index in [4.69, 9.17) is 10.7 Å². The van der Waals surface area contributed by atoms with Gasteiger partial charge in [0.05, 0.1) is 10.7 Å². The van der Waals surface area contributed by atoms with Gasteiger partial charge in [0.25, 0.3) is 0 Å². The van der Waals surface area contributed by atoms with E-state index in [2.05, 4.69) is 47.5 Å². The monoisotopic (exact) mass is 303 g/mol. The van der Waals surface area contributed by atoms with E-state index in [1.807, 2.05) is 0 Å². The van der Waals surface area contributed by atoms with Gasteiger partial charge < -0.3 is 5.73 Å². The van der Waals surface area contributed by atoms with Crippen molar-refractivity contribution < 1.29 is 0 Å². The van der Waals surface area contributed by atoms with Crippen LogP contribution in [0.1, 0.15) is 29.6 Å². The van der Waals surface area contributed by atoms with Crippen LogP contribution in [0.5, 0.6) is 0 Å². The minimum Gasteiger partial charge on any atom is -0.329 e. The normalized spacial score (nSPS) is 11.2. The van der Waals surface area contributed by atoms with Gasteiger partial charge in [0, 0.05) is 31.6 Å². The highest BCUT2D eigenvalue weighted by Gasteiger charge is 2.08. The maximum atomic E-state index is 5.75. The minimum atomic E-state index is 0.695. The first-order valence-electron chi connectivity index (χ1n) is 7.71. The Bertz CT molecular complexity index is 510. The predicted molar refractivity (Wildman–Crippen MR) is 90.6 cm³/mol. The van der Waals surface area contributed by atoms with Crippen molar-refractivity contribution in [1.82, 2.24) is 9.88 Å². The lowest BCUT2D eigenvalue weighted by Crippen LogP contribution is -2.31. The van der Waals surface area contributed by atoms with Crippen molar-refractivity contribution in [2.45, 2.75) is 32.7 Å². The Hall–Kier alpha value is -1.23. The summed E-state index contributed by atoms with van der Waals surface area (Å²) in [4.78, 5) is 7.11. The molecule has 0 saturated carbocycles. The first-order valence-corrected chi connectivity index (χ1v) is 8.59. The van der Waals surface area contributed by atoms with Gasteiger partial charge in [-0.3, -0.25) is 4.90 Å². The van der Waals surface area contributed by atoms with Gasteiger partial charge in [0.2, 0.25) is 0 Å². The van der Waals surface area contributed by atoms with Crippen molar-refractivity contribution in [3.05, 3.63) is 52.0 Å². The molecule has 0 aliphatic carbocycles. The van der Waals surface area contributed by atoms with Gasteiger partial charge in [-0.2, -0.15) is 0 Å². The van der Waals surface area contributed by atoms with Crippen LogP contribution in [0.25, 0.3) is 0 Å². The van der Waals surface area contributed by atoms with Crippen LogP contribution in [0.2, 0.25) is 0 Å². The van der Waals surface area contributed by atoms with E-state index in [1.54, 1.807) is 11.3 Å². The molecule has 114 valence electrons. The first kappa shape index (κ1) is 16.1. The first-order chi connectivity index (χ1) is 10.3. The number of thiazole rings is 1. The van der Waals surface area contributed by atoms with Gasteiger partial charge in [0.15, 0.2) is 0 Å². The van der Waals surface area contributed by atoms with Crippen LogP contribution in [0.3, 0.4) is 0 Å². The zero-order valence-electron chi connectivity index (χ0n) is 12.8. The molecule has 0 radical (unpaired) electrons. The van der Waals surface area contributed by atoms with E-state index in [1.165, 1.54) is 16.3 Å². The zero-order chi connectivity index (χ0) is 14.9. The number of nitrogens with two attached hydrogens (primary N) is 1. The van der Waals surface area contributed by atoms with E-state index in [9.17, 15) is 0 Å². The summed E-state index contributed by atoms with van der Waals surface area (Å²) in [6.45, 7) is 5.75. The lowest BCUT2D eigenvalue weighted by molar-refractivity contribution is 0.273. The Morgan fingerprint density at radius 1 is 1.14 bits per heavy atom. The molecule has 4 heteroatoms. The molecule has 1 heterocycles. The molecule has 0 atom stereocenters. The van der Waals surface area contributed by atoms with Crippen molar-refractivity contribution in [2.75, 3.05) is 19.6 Å². The van der Waals surface area contributed by atoms with Gasteiger partial charge in [-0.05, 0) is 24.8 Å². The molecule has 0 amide bonds. The van der Waals surface area contributed by atoms with Crippen LogP contribution in [0.15, 0.2) is 35.7 Å². The topological polar surface area (TPSA) is 42.2 Å². The van der Waals surface area contributed by atoms with Crippen molar-refractivity contribution in [3.63, 3.8) is 0 Å². The second-order valence-corrected chi connectivity index (χ2v) is 6.23. The van der Waals surface area contributed by atoms with Crippen LogP contribution in [-0.2, 0) is 19.4 Å². The largest absolute Gasteiger partial charge is 0.329 e. The predicted octanol–water partition coefficient (Wildman–Crippen LogP) is 3.10. The molecule has 21 heavy (non-hydrogen) atoms. The molecule has 3 nitrogen and oxygen atoms in total. The lowest BCUT2D eigenvalue weighted by Gasteiger charge is -2.20. The summed E-state index contributed by atoms with van der Waals surface area (Å²) in [5.74, 6) is 0. The molecule has 1 aromatic carbocycles. The number of hydrogen-bond donors (Lipinski definition) is 1. The molecule has 0 fully saturated rings. The van der Waals surface area contributed by atoms with Crippen molar-refractivity contribution in [2.24, 2.45) is 5.73 Å². The molecule has 2 rings (SSSR count). The van der Waals surface area contributed by atoms with Crippen molar-refractivity contribution in [3.8, 4) is 0 Å². The zero-order valence-corrected chi connectivity index (χ0v) is 13.6. The smallest absolute Gasteiger partial charge is 0.0928 e. The summed E-state index contributed by atoms with van der Waals surface area (Å²) in [6.07, 6.45) is 3.31. The number of rotatable bonds is 9. The van der Waals surface area contributed by atoms with Crippen molar-refractivity contribution >= 4 is 11.3 Å². The van der Waals surface area contributed by atoms with Gasteiger partial charge in [-0.1, -0.05) is 37.3 Å². The molecule has 1 aromatic heterocycles. The van der Waals surface area contributed by atoms with Gasteiger partial charge in [-0.15, -0.1) is 11.3 Å². The Labute approximate surface area is 131 Å². The number of aromatic nitrogens is 1. The van der Waals surface area contributed by atoms with Crippen LogP contribution in [-0.4, -0.2) is 29.5 Å². The van der Waals surface area contributed by atoms with E-state index < -0.39 is 0 Å². The highest BCUT2D eigenvalue weighted by Crippen LogP contribution is 2.14. The number of benzene rings is 1. The average molecular weight is 303 g/mol. The van der Waals surface area contributed by atoms with E-state index in [0.29, 0.717) is 6.54 Å². The van der Waals surface area contributed by atoms with Crippen LogP contribution < -0.4 is 5.73 Å². The maximum absolute atomic E-state index is 5.75. The number of hydrogen-bond acceptors (Lipinski definition) is 4. The standard InChI is InChI=1S/C17H25N3S/c1-2-6-17-19-16(14-21-17)13-20(12-10-18)11-9-15-7-4-3-5-8-15/h3-5,7-8,14H,2,6,9-13,18H2,1H3. The summed E-state index contributed by atoms with van der Waals surface area (Å²) in [5.41, 5.74) is 8.31. The van der Waals surface area contributed by atoms with Crippen molar-refractivity contribution in [1.29, 1.82) is 0 Å². The van der Waals surface area contributed by atoms with E-state index in [-0.39, 0.29) is 0 Å². The number of nitrogens with zero attached hydrogens (tertiary/aromatic N) is 2. The van der Waals surface area contributed by atoms with Gasteiger partial charge >= 0.3 is 0 Å². The molecule has 0 aliphatic rings. The van der Waals surface area contributed by atoms with Gasteiger partial charge in [0.1, 0.15) is 0 Å². The molecule has 2 aromatic rings. The summed E-state index contributed by atoms with van der Waals surface area (Å²) < 4.78 is 0. The fourth-order valence-corrected chi connectivity index (χ4v) is 3.25. The maximum Gasteiger partial charge on any atom is 0.0928 e.